The number of rotatable bonds is 24. The van der Waals surface area contributed by atoms with Crippen molar-refractivity contribution in [2.24, 2.45) is 0 Å². The molecule has 0 heterocycles. The summed E-state index contributed by atoms with van der Waals surface area (Å²) in [5.74, 6) is 0. The largest absolute Gasteiger partial charge is 0.377 e. The van der Waals surface area contributed by atoms with E-state index < -0.39 is 15.7 Å². The highest BCUT2D eigenvalue weighted by atomic mass is 32.2. The second-order valence-electron chi connectivity index (χ2n) is 10.3. The normalized spacial score (nSPS) is 11.9. The van der Waals surface area contributed by atoms with E-state index in [0.29, 0.717) is 66.1 Å². The fraction of sp³-hybridized carbons (Fsp3) is 0.351. The van der Waals surface area contributed by atoms with Crippen LogP contribution < -0.4 is 0 Å². The molecule has 0 aliphatic heterocycles. The molecule has 0 unspecified atom stereocenters. The molecule has 0 fully saturated rings. The second-order valence-corrected chi connectivity index (χ2v) is 11.9. The molecule has 47 heavy (non-hydrogen) atoms. The molecule has 0 aliphatic rings. The molecule has 0 amide bonds. The molecular weight excluding hydrogens is 620 g/mol. The molecule has 4 aromatic carbocycles. The van der Waals surface area contributed by atoms with Crippen molar-refractivity contribution < 1.29 is 41.0 Å². The summed E-state index contributed by atoms with van der Waals surface area (Å²) in [4.78, 5) is 0.122. The first kappa shape index (κ1) is 36.4. The topological polar surface area (TPSA) is 98.8 Å². The van der Waals surface area contributed by atoms with Gasteiger partial charge in [-0.25, -0.2) is 0 Å². The maximum atomic E-state index is 12.0. The van der Waals surface area contributed by atoms with E-state index in [1.54, 1.807) is 18.2 Å². The van der Waals surface area contributed by atoms with Crippen molar-refractivity contribution in [2.75, 3.05) is 79.3 Å². The van der Waals surface area contributed by atoms with E-state index in [9.17, 15) is 8.42 Å². The molecule has 0 saturated heterocycles. The van der Waals surface area contributed by atoms with Crippen LogP contribution in [0.5, 0.6) is 0 Å². The zero-order valence-electron chi connectivity index (χ0n) is 26.6. The minimum atomic E-state index is -3.76. The molecular formula is C37H44O9S. The van der Waals surface area contributed by atoms with Gasteiger partial charge < -0.3 is 28.4 Å². The van der Waals surface area contributed by atoms with E-state index in [-0.39, 0.29) is 18.1 Å². The Balaban J connectivity index is 1.02. The highest BCUT2D eigenvalue weighted by molar-refractivity contribution is 7.86. The Kier molecular flexibility index (Phi) is 16.0. The second kappa shape index (κ2) is 20.7. The molecule has 0 aromatic heterocycles. The van der Waals surface area contributed by atoms with Gasteiger partial charge in [0.25, 0.3) is 10.1 Å². The van der Waals surface area contributed by atoms with Crippen LogP contribution in [-0.2, 0) is 48.3 Å². The van der Waals surface area contributed by atoms with Crippen LogP contribution in [0, 0.1) is 0 Å². The molecule has 0 N–H and O–H groups in total. The van der Waals surface area contributed by atoms with Crippen molar-refractivity contribution in [1.29, 1.82) is 0 Å². The molecule has 0 spiro atoms. The van der Waals surface area contributed by atoms with Gasteiger partial charge in [0, 0.05) is 0 Å². The van der Waals surface area contributed by atoms with Crippen molar-refractivity contribution in [2.45, 2.75) is 10.5 Å². The molecule has 4 rings (SSSR count). The predicted molar refractivity (Wildman–Crippen MR) is 179 cm³/mol. The third kappa shape index (κ3) is 11.9. The van der Waals surface area contributed by atoms with Crippen LogP contribution in [0.2, 0.25) is 0 Å². The average Bonchev–Trinajstić information content (AvgIpc) is 3.12. The quantitative estimate of drug-likeness (QED) is 0.0548. The van der Waals surface area contributed by atoms with Crippen molar-refractivity contribution in [3.8, 4) is 0 Å². The highest BCUT2D eigenvalue weighted by Gasteiger charge is 2.37. The van der Waals surface area contributed by atoms with Gasteiger partial charge in [0.2, 0.25) is 0 Å². The molecule has 9 nitrogen and oxygen atoms in total. The van der Waals surface area contributed by atoms with Gasteiger partial charge in [-0.15, -0.1) is 0 Å². The predicted octanol–water partition coefficient (Wildman–Crippen LogP) is 5.48. The third-order valence-corrected chi connectivity index (χ3v) is 8.40. The number of benzene rings is 4. The summed E-state index contributed by atoms with van der Waals surface area (Å²) in [5.41, 5.74) is 2.40. The Labute approximate surface area is 278 Å². The monoisotopic (exact) mass is 664 g/mol. The van der Waals surface area contributed by atoms with Crippen LogP contribution in [-0.4, -0.2) is 87.7 Å². The van der Waals surface area contributed by atoms with Crippen molar-refractivity contribution in [1.82, 2.24) is 0 Å². The molecule has 0 aliphatic carbocycles. The lowest BCUT2D eigenvalue weighted by Gasteiger charge is -2.36. The zero-order chi connectivity index (χ0) is 32.9. The van der Waals surface area contributed by atoms with Crippen molar-refractivity contribution in [3.05, 3.63) is 138 Å². The van der Waals surface area contributed by atoms with Gasteiger partial charge in [0.1, 0.15) is 5.60 Å². The Morgan fingerprint density at radius 3 is 1.04 bits per heavy atom. The number of hydrogen-bond acceptors (Lipinski definition) is 9. The lowest BCUT2D eigenvalue weighted by Crippen LogP contribution is -2.34. The summed E-state index contributed by atoms with van der Waals surface area (Å²) in [6.45, 7) is 4.27. The maximum Gasteiger partial charge on any atom is 0.297 e. The van der Waals surface area contributed by atoms with Gasteiger partial charge >= 0.3 is 0 Å². The van der Waals surface area contributed by atoms with E-state index in [2.05, 4.69) is 36.4 Å². The molecule has 0 radical (unpaired) electrons. The van der Waals surface area contributed by atoms with E-state index in [0.717, 1.165) is 16.7 Å². The number of hydrogen-bond donors (Lipinski definition) is 0. The van der Waals surface area contributed by atoms with E-state index >= 15 is 0 Å². The maximum absolute atomic E-state index is 12.0. The summed E-state index contributed by atoms with van der Waals surface area (Å²) >= 11 is 0. The first-order valence-corrected chi connectivity index (χ1v) is 17.2. The lowest BCUT2D eigenvalue weighted by molar-refractivity contribution is -0.0392. The van der Waals surface area contributed by atoms with Gasteiger partial charge in [-0.1, -0.05) is 109 Å². The fourth-order valence-corrected chi connectivity index (χ4v) is 5.78. The van der Waals surface area contributed by atoms with E-state index in [1.165, 1.54) is 12.1 Å². The van der Waals surface area contributed by atoms with E-state index in [1.807, 2.05) is 54.6 Å². The van der Waals surface area contributed by atoms with Gasteiger partial charge in [-0.05, 0) is 28.8 Å². The molecule has 4 aromatic rings. The molecule has 0 bridgehead atoms. The van der Waals surface area contributed by atoms with E-state index in [4.69, 9.17) is 32.6 Å². The van der Waals surface area contributed by atoms with Gasteiger partial charge in [0.05, 0.1) is 84.2 Å². The Morgan fingerprint density at radius 1 is 0.383 bits per heavy atom. The molecule has 0 atom stereocenters. The smallest absolute Gasteiger partial charge is 0.297 e. The summed E-state index contributed by atoms with van der Waals surface area (Å²) in [6.07, 6.45) is 0. The average molecular weight is 665 g/mol. The fourth-order valence-electron chi connectivity index (χ4n) is 4.86. The Hall–Kier alpha value is -3.45. The third-order valence-electron chi connectivity index (χ3n) is 7.07. The molecule has 0 saturated carbocycles. The summed E-state index contributed by atoms with van der Waals surface area (Å²) < 4.78 is 63.5. The Morgan fingerprint density at radius 2 is 0.681 bits per heavy atom. The summed E-state index contributed by atoms with van der Waals surface area (Å²) in [7, 11) is -3.76. The highest BCUT2D eigenvalue weighted by Crippen LogP contribution is 2.40. The first-order valence-electron chi connectivity index (χ1n) is 15.8. The van der Waals surface area contributed by atoms with Crippen LogP contribution >= 0.6 is 0 Å². The lowest BCUT2D eigenvalue weighted by atomic mass is 9.80. The van der Waals surface area contributed by atoms with Crippen LogP contribution in [0.4, 0.5) is 0 Å². The standard InChI is InChI=1S/C37H44O9S/c38-47(39,36-19-11-4-12-20-36)46-32-30-44-28-26-42-24-22-40-21-23-41-25-27-43-29-31-45-37(33-13-5-1-6-14-33,34-15-7-2-8-16-34)35-17-9-3-10-18-35/h1-20H,21-32H2. The Bertz CT molecular complexity index is 1380. The minimum Gasteiger partial charge on any atom is -0.377 e. The number of ether oxygens (including phenoxy) is 6. The van der Waals surface area contributed by atoms with Crippen LogP contribution in [0.15, 0.2) is 126 Å². The van der Waals surface area contributed by atoms with Crippen LogP contribution in [0.1, 0.15) is 16.7 Å². The molecule has 10 heteroatoms. The summed E-state index contributed by atoms with van der Waals surface area (Å²) in [5, 5.41) is 0. The van der Waals surface area contributed by atoms with Crippen LogP contribution in [0.25, 0.3) is 0 Å². The van der Waals surface area contributed by atoms with Gasteiger partial charge in [-0.3, -0.25) is 4.18 Å². The zero-order valence-corrected chi connectivity index (χ0v) is 27.4. The van der Waals surface area contributed by atoms with Crippen molar-refractivity contribution in [3.63, 3.8) is 0 Å². The SMILES string of the molecule is O=S(=O)(OCCOCCOCCOCCOCCOCCOC(c1ccccc1)(c1ccccc1)c1ccccc1)c1ccccc1. The molecule has 252 valence electrons. The van der Waals surface area contributed by atoms with Gasteiger partial charge in [0.15, 0.2) is 0 Å². The summed E-state index contributed by atoms with van der Waals surface area (Å²) in [6, 6.07) is 38.8. The minimum absolute atomic E-state index is 0.0589. The van der Waals surface area contributed by atoms with Crippen LogP contribution in [0.3, 0.4) is 0 Å². The first-order chi connectivity index (χ1) is 23.1. The van der Waals surface area contributed by atoms with Crippen molar-refractivity contribution >= 4 is 10.1 Å². The van der Waals surface area contributed by atoms with Gasteiger partial charge in [-0.2, -0.15) is 8.42 Å².